The number of carbonyl (C=O) groups is 2. The quantitative estimate of drug-likeness (QED) is 0.550. The van der Waals surface area contributed by atoms with Crippen molar-refractivity contribution in [2.45, 2.75) is 45.5 Å². The smallest absolute Gasteiger partial charge is 0.285 e. The number of nitrogens with zero attached hydrogens (tertiary/aromatic N) is 1. The van der Waals surface area contributed by atoms with Crippen LogP contribution >= 0.6 is 0 Å². The summed E-state index contributed by atoms with van der Waals surface area (Å²) >= 11 is 0. The predicted octanol–water partition coefficient (Wildman–Crippen LogP) is 4.80. The van der Waals surface area contributed by atoms with Crippen LogP contribution in [0.25, 0.3) is 0 Å². The van der Waals surface area contributed by atoms with Crippen molar-refractivity contribution in [1.29, 1.82) is 0 Å². The first-order valence-electron chi connectivity index (χ1n) is 8.99. The van der Waals surface area contributed by atoms with Crippen molar-refractivity contribution in [3.05, 3.63) is 65.2 Å². The third-order valence-corrected chi connectivity index (χ3v) is 9.58. The average Bonchev–Trinajstić information content (AvgIpc) is 2.84. The van der Waals surface area contributed by atoms with Gasteiger partial charge in [-0.2, -0.15) is 0 Å². The number of hydroxylamine groups is 2. The van der Waals surface area contributed by atoms with E-state index < -0.39 is 20.1 Å². The van der Waals surface area contributed by atoms with E-state index in [1.165, 1.54) is 0 Å². The molecule has 0 unspecified atom stereocenters. The molecule has 6 heteroatoms. The molecule has 3 rings (SSSR count). The van der Waals surface area contributed by atoms with Crippen LogP contribution in [0.4, 0.5) is 0 Å². The Morgan fingerprint density at radius 2 is 1.41 bits per heavy atom. The van der Waals surface area contributed by atoms with Crippen LogP contribution in [0.2, 0.25) is 18.1 Å². The second kappa shape index (κ2) is 6.94. The normalized spacial score (nSPS) is 14.5. The first kappa shape index (κ1) is 19.3. The Balaban J connectivity index is 1.63. The molecule has 0 spiro atoms. The molecular weight excluding hydrogens is 358 g/mol. The van der Waals surface area contributed by atoms with E-state index in [1.807, 2.05) is 24.3 Å². The molecule has 0 radical (unpaired) electrons. The molecule has 0 aromatic heterocycles. The fraction of sp³-hybridized carbons (Fsp3) is 0.333. The Hall–Kier alpha value is -2.44. The van der Waals surface area contributed by atoms with Gasteiger partial charge in [0.15, 0.2) is 0 Å². The summed E-state index contributed by atoms with van der Waals surface area (Å²) in [7, 11) is -1.89. The monoisotopic (exact) mass is 383 g/mol. The van der Waals surface area contributed by atoms with Crippen LogP contribution in [0, 0.1) is 0 Å². The maximum absolute atomic E-state index is 12.3. The van der Waals surface area contributed by atoms with Crippen LogP contribution in [-0.2, 0) is 11.4 Å². The number of amides is 2. The van der Waals surface area contributed by atoms with E-state index in [1.54, 1.807) is 24.3 Å². The molecule has 1 aliphatic rings. The van der Waals surface area contributed by atoms with Gasteiger partial charge in [-0.25, -0.2) is 0 Å². The number of rotatable bonds is 5. The van der Waals surface area contributed by atoms with Gasteiger partial charge in [0.05, 0.1) is 11.1 Å². The second-order valence-corrected chi connectivity index (χ2v) is 13.0. The van der Waals surface area contributed by atoms with Gasteiger partial charge in [-0.15, -0.1) is 5.06 Å². The molecule has 0 N–H and O–H groups in total. The average molecular weight is 384 g/mol. The first-order chi connectivity index (χ1) is 12.6. The maximum Gasteiger partial charge on any atom is 0.285 e. The summed E-state index contributed by atoms with van der Waals surface area (Å²) in [6.45, 7) is 11.1. The van der Waals surface area contributed by atoms with E-state index in [0.717, 1.165) is 16.4 Å². The molecule has 0 saturated heterocycles. The van der Waals surface area contributed by atoms with Gasteiger partial charge >= 0.3 is 0 Å². The minimum atomic E-state index is -1.89. The lowest BCUT2D eigenvalue weighted by atomic mass is 10.1. The zero-order chi connectivity index (χ0) is 19.8. The van der Waals surface area contributed by atoms with E-state index in [0.29, 0.717) is 11.1 Å². The summed E-state index contributed by atoms with van der Waals surface area (Å²) in [5, 5.41) is 0.963. The lowest BCUT2D eigenvalue weighted by Crippen LogP contribution is -2.43. The van der Waals surface area contributed by atoms with Gasteiger partial charge in [-0.3, -0.25) is 14.4 Å². The molecule has 27 heavy (non-hydrogen) atoms. The highest BCUT2D eigenvalue weighted by Crippen LogP contribution is 2.37. The van der Waals surface area contributed by atoms with E-state index in [9.17, 15) is 9.59 Å². The minimum absolute atomic E-state index is 0.125. The summed E-state index contributed by atoms with van der Waals surface area (Å²) in [6, 6.07) is 14.3. The van der Waals surface area contributed by atoms with Gasteiger partial charge < -0.3 is 4.43 Å². The van der Waals surface area contributed by atoms with Crippen LogP contribution < -0.4 is 4.43 Å². The second-order valence-electron chi connectivity index (χ2n) is 8.23. The standard InChI is InChI=1S/C21H25NO4Si/c1-21(2,3)27(4,5)26-16-12-10-15(11-13-16)14-25-22-19(23)17-8-6-7-9-18(17)20(22)24/h6-13H,14H2,1-5H3. The van der Waals surface area contributed by atoms with Gasteiger partial charge in [-0.1, -0.05) is 45.0 Å². The van der Waals surface area contributed by atoms with Crippen molar-refractivity contribution in [2.75, 3.05) is 0 Å². The number of carbonyl (C=O) groups excluding carboxylic acids is 2. The van der Waals surface area contributed by atoms with Crippen molar-refractivity contribution in [3.8, 4) is 5.75 Å². The molecule has 2 amide bonds. The van der Waals surface area contributed by atoms with Gasteiger partial charge in [0.1, 0.15) is 12.4 Å². The minimum Gasteiger partial charge on any atom is -0.544 e. The Bertz CT molecular complexity index is 833. The van der Waals surface area contributed by atoms with Crippen LogP contribution in [0.5, 0.6) is 5.75 Å². The molecule has 142 valence electrons. The first-order valence-corrected chi connectivity index (χ1v) is 11.9. The summed E-state index contributed by atoms with van der Waals surface area (Å²) < 4.78 is 6.26. The topological polar surface area (TPSA) is 55.8 Å². The SMILES string of the molecule is CC(C)(C)[Si](C)(C)Oc1ccc(CON2C(=O)c3ccccc3C2=O)cc1. The van der Waals surface area contributed by atoms with Crippen molar-refractivity contribution >= 4 is 20.1 Å². The van der Waals surface area contributed by atoms with Gasteiger partial charge in [0, 0.05) is 0 Å². The summed E-state index contributed by atoms with van der Waals surface area (Å²) in [4.78, 5) is 30.1. The molecule has 2 aromatic carbocycles. The Morgan fingerprint density at radius 3 is 1.89 bits per heavy atom. The highest BCUT2D eigenvalue weighted by Gasteiger charge is 2.39. The van der Waals surface area contributed by atoms with Gasteiger partial charge in [-0.05, 0) is 48.0 Å². The van der Waals surface area contributed by atoms with E-state index >= 15 is 0 Å². The molecule has 0 fully saturated rings. The molecule has 0 atom stereocenters. The maximum atomic E-state index is 12.3. The number of hydrogen-bond acceptors (Lipinski definition) is 4. The number of hydrogen-bond donors (Lipinski definition) is 0. The third-order valence-electron chi connectivity index (χ3n) is 5.22. The van der Waals surface area contributed by atoms with Crippen LogP contribution in [-0.4, -0.2) is 25.2 Å². The van der Waals surface area contributed by atoms with E-state index in [-0.39, 0.29) is 11.6 Å². The van der Waals surface area contributed by atoms with Gasteiger partial charge in [0.25, 0.3) is 11.8 Å². The van der Waals surface area contributed by atoms with Crippen molar-refractivity contribution in [3.63, 3.8) is 0 Å². The van der Waals surface area contributed by atoms with Crippen molar-refractivity contribution in [1.82, 2.24) is 5.06 Å². The lowest BCUT2D eigenvalue weighted by Gasteiger charge is -2.36. The van der Waals surface area contributed by atoms with E-state index in [2.05, 4.69) is 33.9 Å². The molecule has 5 nitrogen and oxygen atoms in total. The molecule has 0 bridgehead atoms. The highest BCUT2D eigenvalue weighted by molar-refractivity contribution is 6.74. The largest absolute Gasteiger partial charge is 0.544 e. The zero-order valence-electron chi connectivity index (χ0n) is 16.4. The molecule has 0 saturated carbocycles. The van der Waals surface area contributed by atoms with Crippen LogP contribution in [0.15, 0.2) is 48.5 Å². The Kier molecular flexibility index (Phi) is 4.97. The highest BCUT2D eigenvalue weighted by atomic mass is 28.4. The Labute approximate surface area is 161 Å². The lowest BCUT2D eigenvalue weighted by molar-refractivity contribution is -0.101. The third kappa shape index (κ3) is 3.82. The van der Waals surface area contributed by atoms with Crippen molar-refractivity contribution in [2.24, 2.45) is 0 Å². The predicted molar refractivity (Wildman–Crippen MR) is 106 cm³/mol. The molecule has 1 heterocycles. The molecule has 2 aromatic rings. The van der Waals surface area contributed by atoms with Crippen LogP contribution in [0.1, 0.15) is 47.1 Å². The summed E-state index contributed by atoms with van der Waals surface area (Å²) in [5.41, 5.74) is 1.61. The summed E-state index contributed by atoms with van der Waals surface area (Å²) in [5.74, 6) is -0.0203. The Morgan fingerprint density at radius 1 is 0.889 bits per heavy atom. The number of imide groups is 1. The number of benzene rings is 2. The summed E-state index contributed by atoms with van der Waals surface area (Å²) in [6.07, 6.45) is 0. The van der Waals surface area contributed by atoms with Gasteiger partial charge in [0.2, 0.25) is 8.32 Å². The van der Waals surface area contributed by atoms with Crippen molar-refractivity contribution < 1.29 is 18.9 Å². The van der Waals surface area contributed by atoms with Crippen LogP contribution in [0.3, 0.4) is 0 Å². The fourth-order valence-corrected chi connectivity index (χ4v) is 3.56. The molecular formula is C21H25NO4Si. The fourth-order valence-electron chi connectivity index (χ4n) is 2.52. The molecule has 0 aliphatic carbocycles. The number of fused-ring (bicyclic) bond motifs is 1. The molecule has 1 aliphatic heterocycles. The zero-order valence-corrected chi connectivity index (χ0v) is 17.4. The van der Waals surface area contributed by atoms with E-state index in [4.69, 9.17) is 9.26 Å².